The quantitative estimate of drug-likeness (QED) is 0.834. The molecule has 2 nitrogen and oxygen atoms in total. The molecule has 0 saturated carbocycles. The lowest BCUT2D eigenvalue weighted by Crippen LogP contribution is -2.03. The van der Waals surface area contributed by atoms with E-state index in [9.17, 15) is 4.39 Å². The molecular weight excluding hydrogens is 253 g/mol. The fourth-order valence-corrected chi connectivity index (χ4v) is 1.96. The van der Waals surface area contributed by atoms with E-state index in [4.69, 9.17) is 4.74 Å². The monoisotopic (exact) mass is 273 g/mol. The average Bonchev–Trinajstić information content (AvgIpc) is 2.47. The molecular formula is C17H20FNO. The molecule has 0 aliphatic carbocycles. The maximum absolute atomic E-state index is 13.2. The van der Waals surface area contributed by atoms with Gasteiger partial charge >= 0.3 is 0 Å². The Labute approximate surface area is 119 Å². The van der Waals surface area contributed by atoms with Gasteiger partial charge in [-0.2, -0.15) is 0 Å². The molecule has 0 aliphatic rings. The number of rotatable bonds is 6. The molecule has 106 valence electrons. The molecule has 2 rings (SSSR count). The summed E-state index contributed by atoms with van der Waals surface area (Å²) in [6.45, 7) is 5.20. The zero-order valence-corrected chi connectivity index (χ0v) is 11.9. The molecule has 0 amide bonds. The highest BCUT2D eigenvalue weighted by Crippen LogP contribution is 2.24. The van der Waals surface area contributed by atoms with Crippen molar-refractivity contribution in [3.05, 3.63) is 59.4 Å². The predicted octanol–water partition coefficient (Wildman–Crippen LogP) is 4.54. The van der Waals surface area contributed by atoms with E-state index in [0.717, 1.165) is 23.4 Å². The van der Waals surface area contributed by atoms with Crippen LogP contribution in [0.3, 0.4) is 0 Å². The Balaban J connectivity index is 2.04. The largest absolute Gasteiger partial charge is 0.491 e. The van der Waals surface area contributed by atoms with Crippen molar-refractivity contribution in [2.24, 2.45) is 0 Å². The van der Waals surface area contributed by atoms with E-state index < -0.39 is 0 Å². The van der Waals surface area contributed by atoms with Gasteiger partial charge in [0.15, 0.2) is 0 Å². The number of halogens is 1. The van der Waals surface area contributed by atoms with Gasteiger partial charge in [0.25, 0.3) is 0 Å². The molecule has 20 heavy (non-hydrogen) atoms. The zero-order valence-electron chi connectivity index (χ0n) is 11.9. The molecule has 0 radical (unpaired) electrons. The maximum atomic E-state index is 13.2. The van der Waals surface area contributed by atoms with Crippen LogP contribution < -0.4 is 10.1 Å². The van der Waals surface area contributed by atoms with Gasteiger partial charge in [0, 0.05) is 6.54 Å². The van der Waals surface area contributed by atoms with Gasteiger partial charge in [0.05, 0.1) is 12.3 Å². The number of para-hydroxylation sites is 2. The van der Waals surface area contributed by atoms with Crippen LogP contribution in [0, 0.1) is 12.7 Å². The Bertz CT molecular complexity index is 569. The highest BCUT2D eigenvalue weighted by molar-refractivity contribution is 5.56. The van der Waals surface area contributed by atoms with Crippen molar-refractivity contribution in [2.75, 3.05) is 11.9 Å². The van der Waals surface area contributed by atoms with Crippen LogP contribution in [0.15, 0.2) is 42.5 Å². The number of nitrogens with one attached hydrogen (secondary N) is 1. The first-order chi connectivity index (χ1) is 9.70. The lowest BCUT2D eigenvalue weighted by Gasteiger charge is -2.13. The molecule has 2 aromatic rings. The summed E-state index contributed by atoms with van der Waals surface area (Å²) in [4.78, 5) is 0. The molecule has 0 saturated heterocycles. The third-order valence-electron chi connectivity index (χ3n) is 3.05. The molecule has 0 fully saturated rings. The topological polar surface area (TPSA) is 21.3 Å². The Morgan fingerprint density at radius 1 is 1.15 bits per heavy atom. The van der Waals surface area contributed by atoms with Gasteiger partial charge in [-0.1, -0.05) is 31.2 Å². The van der Waals surface area contributed by atoms with E-state index >= 15 is 0 Å². The second kappa shape index (κ2) is 6.94. The summed E-state index contributed by atoms with van der Waals surface area (Å²) in [7, 11) is 0. The zero-order chi connectivity index (χ0) is 14.4. The van der Waals surface area contributed by atoms with Gasteiger partial charge in [-0.05, 0) is 42.7 Å². The smallest absolute Gasteiger partial charge is 0.142 e. The first kappa shape index (κ1) is 14.4. The minimum Gasteiger partial charge on any atom is -0.491 e. The number of anilines is 1. The minimum atomic E-state index is -0.166. The van der Waals surface area contributed by atoms with Crippen molar-refractivity contribution in [1.82, 2.24) is 0 Å². The first-order valence-electron chi connectivity index (χ1n) is 6.91. The van der Waals surface area contributed by atoms with E-state index in [1.165, 1.54) is 6.07 Å². The van der Waals surface area contributed by atoms with E-state index in [1.54, 1.807) is 13.0 Å². The van der Waals surface area contributed by atoms with Crippen molar-refractivity contribution in [3.8, 4) is 5.75 Å². The maximum Gasteiger partial charge on any atom is 0.142 e. The normalized spacial score (nSPS) is 10.3. The van der Waals surface area contributed by atoms with Gasteiger partial charge in [-0.3, -0.25) is 0 Å². The minimum absolute atomic E-state index is 0.166. The van der Waals surface area contributed by atoms with Crippen molar-refractivity contribution < 1.29 is 9.13 Å². The summed E-state index contributed by atoms with van der Waals surface area (Å²) in [5, 5.41) is 3.34. The Morgan fingerprint density at radius 2 is 1.95 bits per heavy atom. The summed E-state index contributed by atoms with van der Waals surface area (Å²) in [6.07, 6.45) is 0.978. The second-order valence-corrected chi connectivity index (χ2v) is 4.78. The van der Waals surface area contributed by atoms with Crippen molar-refractivity contribution in [3.63, 3.8) is 0 Å². The Hall–Kier alpha value is -2.03. The third-order valence-corrected chi connectivity index (χ3v) is 3.05. The van der Waals surface area contributed by atoms with Crippen LogP contribution in [0.5, 0.6) is 5.75 Å². The van der Waals surface area contributed by atoms with Crippen molar-refractivity contribution in [2.45, 2.75) is 26.8 Å². The fraction of sp³-hybridized carbons (Fsp3) is 0.294. The van der Waals surface area contributed by atoms with Gasteiger partial charge in [-0.15, -0.1) is 0 Å². The molecule has 0 heterocycles. The summed E-state index contributed by atoms with van der Waals surface area (Å²) in [5.74, 6) is 0.689. The van der Waals surface area contributed by atoms with Crippen LogP contribution in [0.2, 0.25) is 0 Å². The van der Waals surface area contributed by atoms with Crippen molar-refractivity contribution in [1.29, 1.82) is 0 Å². The van der Waals surface area contributed by atoms with Crippen LogP contribution in [0.25, 0.3) is 0 Å². The number of ether oxygens (including phenoxy) is 1. The molecule has 1 N–H and O–H groups in total. The lowest BCUT2D eigenvalue weighted by molar-refractivity contribution is 0.319. The number of hydrogen-bond acceptors (Lipinski definition) is 2. The fourth-order valence-electron chi connectivity index (χ4n) is 1.96. The van der Waals surface area contributed by atoms with Gasteiger partial charge in [-0.25, -0.2) is 4.39 Å². The summed E-state index contributed by atoms with van der Waals surface area (Å²) >= 11 is 0. The standard InChI is InChI=1S/C17H20FNO/c1-3-10-20-17-7-5-4-6-16(17)19-12-14-8-9-15(18)13(2)11-14/h4-9,11,19H,3,10,12H2,1-2H3. The summed E-state index contributed by atoms with van der Waals surface area (Å²) < 4.78 is 18.9. The molecule has 0 aromatic heterocycles. The van der Waals surface area contributed by atoms with E-state index in [0.29, 0.717) is 18.7 Å². The van der Waals surface area contributed by atoms with E-state index in [2.05, 4.69) is 12.2 Å². The second-order valence-electron chi connectivity index (χ2n) is 4.78. The highest BCUT2D eigenvalue weighted by Gasteiger charge is 2.03. The predicted molar refractivity (Wildman–Crippen MR) is 80.7 cm³/mol. The number of benzene rings is 2. The molecule has 0 atom stereocenters. The number of aryl methyl sites for hydroxylation is 1. The first-order valence-corrected chi connectivity index (χ1v) is 6.91. The lowest BCUT2D eigenvalue weighted by atomic mass is 10.1. The number of hydrogen-bond donors (Lipinski definition) is 1. The summed E-state index contributed by atoms with van der Waals surface area (Å²) in [6, 6.07) is 13.0. The van der Waals surface area contributed by atoms with E-state index in [1.807, 2.05) is 30.3 Å². The van der Waals surface area contributed by atoms with Crippen molar-refractivity contribution >= 4 is 5.69 Å². The highest BCUT2D eigenvalue weighted by atomic mass is 19.1. The van der Waals surface area contributed by atoms with E-state index in [-0.39, 0.29) is 5.82 Å². The van der Waals surface area contributed by atoms with Crippen LogP contribution in [-0.2, 0) is 6.54 Å². The molecule has 0 aliphatic heterocycles. The SMILES string of the molecule is CCCOc1ccccc1NCc1ccc(F)c(C)c1. The summed E-state index contributed by atoms with van der Waals surface area (Å²) in [5.41, 5.74) is 2.68. The van der Waals surface area contributed by atoms with Crippen LogP contribution in [0.1, 0.15) is 24.5 Å². The van der Waals surface area contributed by atoms with Gasteiger partial charge in [0.2, 0.25) is 0 Å². The molecule has 2 aromatic carbocycles. The van der Waals surface area contributed by atoms with Crippen LogP contribution >= 0.6 is 0 Å². The van der Waals surface area contributed by atoms with Crippen LogP contribution in [-0.4, -0.2) is 6.61 Å². The van der Waals surface area contributed by atoms with Gasteiger partial charge < -0.3 is 10.1 Å². The molecule has 0 bridgehead atoms. The third kappa shape index (κ3) is 3.73. The molecule has 3 heteroatoms. The van der Waals surface area contributed by atoms with Crippen LogP contribution in [0.4, 0.5) is 10.1 Å². The Morgan fingerprint density at radius 3 is 2.70 bits per heavy atom. The average molecular weight is 273 g/mol. The van der Waals surface area contributed by atoms with Gasteiger partial charge in [0.1, 0.15) is 11.6 Å². The molecule has 0 unspecified atom stereocenters. The Kier molecular flexibility index (Phi) is 4.99. The molecule has 0 spiro atoms.